The van der Waals surface area contributed by atoms with Gasteiger partial charge in [-0.15, -0.1) is 0 Å². The van der Waals surface area contributed by atoms with Crippen molar-refractivity contribution >= 4 is 17.3 Å². The third-order valence-electron chi connectivity index (χ3n) is 3.23. The largest absolute Gasteiger partial charge is 0.508 e. The van der Waals surface area contributed by atoms with Gasteiger partial charge in [-0.1, -0.05) is 54.0 Å². The summed E-state index contributed by atoms with van der Waals surface area (Å²) < 4.78 is 1.53. The minimum absolute atomic E-state index is 0.146. The van der Waals surface area contributed by atoms with Crippen molar-refractivity contribution in [2.45, 2.75) is 6.54 Å². The minimum atomic E-state index is -0.197. The zero-order valence-electron chi connectivity index (χ0n) is 11.6. The second kappa shape index (κ2) is 5.99. The molecular weight excluding hydrogens is 298 g/mol. The first-order valence-electron chi connectivity index (χ1n) is 6.72. The Hall–Kier alpha value is -2.66. The summed E-state index contributed by atoms with van der Waals surface area (Å²) in [5.74, 6) is 0.0365. The molecule has 0 atom stereocenters. The summed E-state index contributed by atoms with van der Waals surface area (Å²) in [7, 11) is 0. The van der Waals surface area contributed by atoms with Crippen molar-refractivity contribution in [2.24, 2.45) is 0 Å². The normalized spacial score (nSPS) is 10.5. The van der Waals surface area contributed by atoms with Crippen LogP contribution in [0.3, 0.4) is 0 Å². The van der Waals surface area contributed by atoms with Gasteiger partial charge in [-0.2, -0.15) is 0 Å². The quantitative estimate of drug-likeness (QED) is 0.754. The Labute approximate surface area is 131 Å². The van der Waals surface area contributed by atoms with Gasteiger partial charge in [0.15, 0.2) is 0 Å². The second-order valence-electron chi connectivity index (χ2n) is 4.84. The van der Waals surface area contributed by atoms with Gasteiger partial charge in [-0.05, 0) is 17.7 Å². The van der Waals surface area contributed by atoms with E-state index in [1.165, 1.54) is 10.0 Å². The highest BCUT2D eigenvalue weighted by Crippen LogP contribution is 2.15. The third kappa shape index (κ3) is 2.99. The van der Waals surface area contributed by atoms with Crippen LogP contribution < -0.4 is 5.56 Å². The van der Waals surface area contributed by atoms with Gasteiger partial charge in [-0.3, -0.25) is 13.5 Å². The Balaban J connectivity index is 1.86. The number of aromatic nitrogens is 1. The summed E-state index contributed by atoms with van der Waals surface area (Å²) in [6.45, 7) is 0.381. The lowest BCUT2D eigenvalue weighted by Gasteiger charge is -2.01. The number of ketones is 1. The smallest absolute Gasteiger partial charge is 0.261 e. The van der Waals surface area contributed by atoms with Crippen LogP contribution in [0.5, 0.6) is 5.75 Å². The van der Waals surface area contributed by atoms with E-state index >= 15 is 0 Å². The molecule has 0 aliphatic heterocycles. The highest BCUT2D eigenvalue weighted by Gasteiger charge is 2.14. The van der Waals surface area contributed by atoms with Gasteiger partial charge >= 0.3 is 0 Å². The van der Waals surface area contributed by atoms with Crippen molar-refractivity contribution in [3.8, 4) is 5.75 Å². The fourth-order valence-electron chi connectivity index (χ4n) is 2.09. The summed E-state index contributed by atoms with van der Waals surface area (Å²) in [6.07, 6.45) is 0. The van der Waals surface area contributed by atoms with Crippen molar-refractivity contribution in [3.05, 3.63) is 87.0 Å². The van der Waals surface area contributed by atoms with Gasteiger partial charge < -0.3 is 5.11 Å². The maximum atomic E-state index is 12.3. The fourth-order valence-corrected chi connectivity index (χ4v) is 3.04. The molecule has 0 spiro atoms. The number of rotatable bonds is 4. The maximum Gasteiger partial charge on any atom is 0.261 e. The van der Waals surface area contributed by atoms with Crippen LogP contribution in [0.15, 0.2) is 65.5 Å². The SMILES string of the molecule is O=C(c1ccccc1)c1cc(=O)n(Cc2ccc(O)cc2)s1. The topological polar surface area (TPSA) is 59.3 Å². The first-order chi connectivity index (χ1) is 10.6. The van der Waals surface area contributed by atoms with E-state index in [0.29, 0.717) is 17.0 Å². The molecule has 0 saturated carbocycles. The van der Waals surface area contributed by atoms with Gasteiger partial charge in [0.1, 0.15) is 5.75 Å². The van der Waals surface area contributed by atoms with E-state index in [1.807, 2.05) is 6.07 Å². The van der Waals surface area contributed by atoms with Crippen molar-refractivity contribution in [3.63, 3.8) is 0 Å². The molecule has 0 fully saturated rings. The Bertz CT molecular complexity index is 848. The first kappa shape index (κ1) is 14.3. The lowest BCUT2D eigenvalue weighted by Crippen LogP contribution is -2.12. The fraction of sp³-hybridized carbons (Fsp3) is 0.0588. The molecule has 1 aromatic heterocycles. The van der Waals surface area contributed by atoms with Crippen molar-refractivity contribution in [2.75, 3.05) is 0 Å². The number of aromatic hydroxyl groups is 1. The predicted molar refractivity (Wildman–Crippen MR) is 85.7 cm³/mol. The summed E-state index contributed by atoms with van der Waals surface area (Å²) in [4.78, 5) is 24.8. The summed E-state index contributed by atoms with van der Waals surface area (Å²) in [6, 6.07) is 16.9. The molecule has 5 heteroatoms. The van der Waals surface area contributed by atoms with E-state index < -0.39 is 0 Å². The van der Waals surface area contributed by atoms with Crippen LogP contribution in [-0.2, 0) is 6.54 Å². The molecular formula is C17H13NO3S. The van der Waals surface area contributed by atoms with Crippen LogP contribution in [0.1, 0.15) is 20.8 Å². The molecule has 4 nitrogen and oxygen atoms in total. The number of carbonyl (C=O) groups is 1. The number of phenolic OH excluding ortho intramolecular Hbond substituents is 1. The Kier molecular flexibility index (Phi) is 3.89. The zero-order chi connectivity index (χ0) is 15.5. The first-order valence-corrected chi connectivity index (χ1v) is 7.49. The molecule has 2 aromatic carbocycles. The molecule has 0 amide bonds. The summed E-state index contributed by atoms with van der Waals surface area (Å²) in [5, 5.41) is 9.27. The molecule has 3 rings (SSSR count). The monoisotopic (exact) mass is 311 g/mol. The average molecular weight is 311 g/mol. The van der Waals surface area contributed by atoms with E-state index in [2.05, 4.69) is 0 Å². The predicted octanol–water partition coefficient (Wildman–Crippen LogP) is 2.89. The van der Waals surface area contributed by atoms with Gasteiger partial charge in [-0.25, -0.2) is 0 Å². The van der Waals surface area contributed by atoms with Crippen molar-refractivity contribution < 1.29 is 9.90 Å². The second-order valence-corrected chi connectivity index (χ2v) is 5.90. The van der Waals surface area contributed by atoms with Crippen LogP contribution in [0.4, 0.5) is 0 Å². The molecule has 22 heavy (non-hydrogen) atoms. The van der Waals surface area contributed by atoms with Crippen molar-refractivity contribution in [1.82, 2.24) is 3.96 Å². The zero-order valence-corrected chi connectivity index (χ0v) is 12.4. The number of benzene rings is 2. The molecule has 0 saturated heterocycles. The number of carbonyl (C=O) groups excluding carboxylic acids is 1. The van der Waals surface area contributed by atoms with Gasteiger partial charge in [0, 0.05) is 11.6 Å². The molecule has 1 N–H and O–H groups in total. The highest BCUT2D eigenvalue weighted by molar-refractivity contribution is 7.08. The van der Waals surface area contributed by atoms with Gasteiger partial charge in [0.05, 0.1) is 11.4 Å². The number of hydrogen-bond acceptors (Lipinski definition) is 4. The summed E-state index contributed by atoms with van der Waals surface area (Å²) >= 11 is 1.15. The van der Waals surface area contributed by atoms with Crippen LogP contribution in [0, 0.1) is 0 Å². The Morgan fingerprint density at radius 2 is 1.73 bits per heavy atom. The summed E-state index contributed by atoms with van der Waals surface area (Å²) in [5.41, 5.74) is 1.26. The Morgan fingerprint density at radius 1 is 1.05 bits per heavy atom. The highest BCUT2D eigenvalue weighted by atomic mass is 32.1. The number of hydrogen-bond donors (Lipinski definition) is 1. The van der Waals surface area contributed by atoms with Gasteiger partial charge in [0.2, 0.25) is 5.78 Å². The van der Waals surface area contributed by atoms with Crippen LogP contribution >= 0.6 is 11.5 Å². The van der Waals surface area contributed by atoms with Crippen molar-refractivity contribution in [1.29, 1.82) is 0 Å². The average Bonchev–Trinajstić information content (AvgIpc) is 2.91. The number of nitrogens with zero attached hydrogens (tertiary/aromatic N) is 1. The van der Waals surface area contributed by atoms with E-state index in [-0.39, 0.29) is 17.1 Å². The molecule has 0 bridgehead atoms. The van der Waals surface area contributed by atoms with E-state index in [0.717, 1.165) is 17.1 Å². The molecule has 1 heterocycles. The molecule has 110 valence electrons. The lowest BCUT2D eigenvalue weighted by molar-refractivity contribution is 0.104. The van der Waals surface area contributed by atoms with E-state index in [4.69, 9.17) is 0 Å². The number of phenols is 1. The lowest BCUT2D eigenvalue weighted by atomic mass is 10.1. The van der Waals surface area contributed by atoms with Crippen LogP contribution in [0.2, 0.25) is 0 Å². The van der Waals surface area contributed by atoms with E-state index in [1.54, 1.807) is 48.5 Å². The Morgan fingerprint density at radius 3 is 2.41 bits per heavy atom. The molecule has 0 unspecified atom stereocenters. The molecule has 0 aliphatic carbocycles. The maximum absolute atomic E-state index is 12.3. The van der Waals surface area contributed by atoms with Crippen LogP contribution in [0.25, 0.3) is 0 Å². The molecule has 0 aliphatic rings. The standard InChI is InChI=1S/C17H13NO3S/c19-14-8-6-12(7-9-14)11-18-16(20)10-15(22-18)17(21)13-4-2-1-3-5-13/h1-10,19H,11H2. The minimum Gasteiger partial charge on any atom is -0.508 e. The van der Waals surface area contributed by atoms with Gasteiger partial charge in [0.25, 0.3) is 5.56 Å². The van der Waals surface area contributed by atoms with Crippen LogP contribution in [-0.4, -0.2) is 14.8 Å². The van der Waals surface area contributed by atoms with E-state index in [9.17, 15) is 14.7 Å². The molecule has 0 radical (unpaired) electrons. The molecule has 3 aromatic rings. The third-order valence-corrected chi connectivity index (χ3v) is 4.26.